The van der Waals surface area contributed by atoms with E-state index < -0.39 is 33.4 Å². The lowest BCUT2D eigenvalue weighted by Crippen LogP contribution is -2.18. The Morgan fingerprint density at radius 1 is 1.04 bits per heavy atom. The number of benzene rings is 2. The SMILES string of the molecule is NS(=O)(=O)c1ccc(C(=O)NN=Cc2cc(F)c(F)cc2F)cc1. The van der Waals surface area contributed by atoms with E-state index in [1.54, 1.807) is 0 Å². The number of hydrazone groups is 1. The summed E-state index contributed by atoms with van der Waals surface area (Å²) >= 11 is 0. The van der Waals surface area contributed by atoms with Gasteiger partial charge in [0, 0.05) is 17.2 Å². The lowest BCUT2D eigenvalue weighted by Gasteiger charge is -2.02. The molecule has 0 bridgehead atoms. The first-order valence-corrected chi connectivity index (χ1v) is 7.84. The highest BCUT2D eigenvalue weighted by molar-refractivity contribution is 7.89. The highest BCUT2D eigenvalue weighted by Crippen LogP contribution is 2.12. The van der Waals surface area contributed by atoms with E-state index in [-0.39, 0.29) is 16.0 Å². The Labute approximate surface area is 134 Å². The molecule has 24 heavy (non-hydrogen) atoms. The Morgan fingerprint density at radius 3 is 2.21 bits per heavy atom. The van der Waals surface area contributed by atoms with E-state index in [1.807, 2.05) is 5.43 Å². The monoisotopic (exact) mass is 357 g/mol. The van der Waals surface area contributed by atoms with Crippen molar-refractivity contribution in [3.63, 3.8) is 0 Å². The summed E-state index contributed by atoms with van der Waals surface area (Å²) < 4.78 is 61.3. The number of nitrogens with two attached hydrogens (primary N) is 1. The number of carbonyl (C=O) groups excluding carboxylic acids is 1. The van der Waals surface area contributed by atoms with Gasteiger partial charge in [0.15, 0.2) is 11.6 Å². The molecule has 10 heteroatoms. The highest BCUT2D eigenvalue weighted by Gasteiger charge is 2.10. The first-order valence-electron chi connectivity index (χ1n) is 6.29. The number of halogens is 3. The Balaban J connectivity index is 2.09. The molecule has 1 amide bonds. The van der Waals surface area contributed by atoms with Gasteiger partial charge in [-0.2, -0.15) is 5.10 Å². The van der Waals surface area contributed by atoms with Crippen LogP contribution in [0.4, 0.5) is 13.2 Å². The van der Waals surface area contributed by atoms with Crippen molar-refractivity contribution in [1.82, 2.24) is 5.43 Å². The normalized spacial score (nSPS) is 11.7. The Hall–Kier alpha value is -2.72. The summed E-state index contributed by atoms with van der Waals surface area (Å²) in [6.07, 6.45) is 0.800. The molecular weight excluding hydrogens is 347 g/mol. The van der Waals surface area contributed by atoms with Crippen LogP contribution in [-0.4, -0.2) is 20.5 Å². The van der Waals surface area contributed by atoms with Gasteiger partial charge in [0.1, 0.15) is 5.82 Å². The molecule has 2 aromatic carbocycles. The number of nitrogens with zero attached hydrogens (tertiary/aromatic N) is 1. The van der Waals surface area contributed by atoms with Gasteiger partial charge in [0.05, 0.1) is 11.1 Å². The Bertz CT molecular complexity index is 913. The minimum Gasteiger partial charge on any atom is -0.267 e. The molecule has 0 aromatic heterocycles. The zero-order valence-electron chi connectivity index (χ0n) is 11.8. The number of primary sulfonamides is 1. The standard InChI is InChI=1S/C14H10F3N3O3S/c15-11-6-13(17)12(16)5-9(11)7-19-20-14(21)8-1-3-10(4-2-8)24(18,22)23/h1-7H,(H,20,21)(H2,18,22,23). The maximum Gasteiger partial charge on any atom is 0.271 e. The van der Waals surface area contributed by atoms with E-state index in [0.717, 1.165) is 18.3 Å². The molecule has 0 saturated heterocycles. The van der Waals surface area contributed by atoms with Gasteiger partial charge in [-0.15, -0.1) is 0 Å². The van der Waals surface area contributed by atoms with Crippen molar-refractivity contribution in [2.45, 2.75) is 4.90 Å². The third-order valence-corrected chi connectivity index (χ3v) is 3.78. The topological polar surface area (TPSA) is 102 Å². The molecule has 0 spiro atoms. The second kappa shape index (κ2) is 6.81. The lowest BCUT2D eigenvalue weighted by molar-refractivity contribution is 0.0955. The fraction of sp³-hybridized carbons (Fsp3) is 0. The third-order valence-electron chi connectivity index (χ3n) is 2.85. The number of nitrogens with one attached hydrogen (secondary N) is 1. The van der Waals surface area contributed by atoms with Crippen LogP contribution in [-0.2, 0) is 10.0 Å². The Morgan fingerprint density at radius 2 is 1.62 bits per heavy atom. The number of carbonyl (C=O) groups is 1. The first kappa shape index (κ1) is 17.6. The predicted octanol–water partition coefficient (Wildman–Crippen LogP) is 1.52. The summed E-state index contributed by atoms with van der Waals surface area (Å²) in [6, 6.07) is 5.59. The first-order chi connectivity index (χ1) is 11.2. The number of sulfonamides is 1. The molecule has 3 N–H and O–H groups in total. The zero-order chi connectivity index (χ0) is 17.9. The van der Waals surface area contributed by atoms with Crippen LogP contribution >= 0.6 is 0 Å². The molecule has 0 unspecified atom stereocenters. The summed E-state index contributed by atoms with van der Waals surface area (Å²) in [7, 11) is -3.88. The van der Waals surface area contributed by atoms with Crippen LogP contribution in [0.15, 0.2) is 46.4 Å². The number of amides is 1. The summed E-state index contributed by atoms with van der Waals surface area (Å²) in [5, 5.41) is 8.34. The summed E-state index contributed by atoms with van der Waals surface area (Å²) in [6.45, 7) is 0. The molecule has 2 aromatic rings. The molecule has 2 rings (SSSR count). The van der Waals surface area contributed by atoms with Gasteiger partial charge in [0.2, 0.25) is 10.0 Å². The highest BCUT2D eigenvalue weighted by atomic mass is 32.2. The molecule has 6 nitrogen and oxygen atoms in total. The molecule has 0 atom stereocenters. The van der Waals surface area contributed by atoms with Crippen LogP contribution in [0.25, 0.3) is 0 Å². The van der Waals surface area contributed by atoms with Gasteiger partial charge in [-0.3, -0.25) is 4.79 Å². The van der Waals surface area contributed by atoms with Gasteiger partial charge >= 0.3 is 0 Å². The summed E-state index contributed by atoms with van der Waals surface area (Å²) in [5.74, 6) is -4.38. The minimum atomic E-state index is -3.88. The van der Waals surface area contributed by atoms with Crippen LogP contribution in [0.5, 0.6) is 0 Å². The van der Waals surface area contributed by atoms with Crippen molar-refractivity contribution >= 4 is 22.1 Å². The van der Waals surface area contributed by atoms with Crippen LogP contribution in [0, 0.1) is 17.5 Å². The van der Waals surface area contributed by atoms with E-state index in [1.165, 1.54) is 12.1 Å². The van der Waals surface area contributed by atoms with Gasteiger partial charge in [-0.05, 0) is 30.3 Å². The van der Waals surface area contributed by atoms with Gasteiger partial charge in [0.25, 0.3) is 5.91 Å². The number of rotatable bonds is 4. The number of hydrogen-bond donors (Lipinski definition) is 2. The van der Waals surface area contributed by atoms with E-state index in [0.29, 0.717) is 12.1 Å². The van der Waals surface area contributed by atoms with Crippen LogP contribution < -0.4 is 10.6 Å². The lowest BCUT2D eigenvalue weighted by atomic mass is 10.2. The zero-order valence-corrected chi connectivity index (χ0v) is 12.6. The second-order valence-corrected chi connectivity index (χ2v) is 6.12. The van der Waals surface area contributed by atoms with Crippen molar-refractivity contribution < 1.29 is 26.4 Å². The molecule has 0 saturated carbocycles. The van der Waals surface area contributed by atoms with Gasteiger partial charge < -0.3 is 0 Å². The minimum absolute atomic E-state index is 0.0605. The summed E-state index contributed by atoms with van der Waals surface area (Å²) in [4.78, 5) is 11.6. The molecule has 0 heterocycles. The van der Waals surface area contributed by atoms with E-state index >= 15 is 0 Å². The van der Waals surface area contributed by atoms with Crippen molar-refractivity contribution in [1.29, 1.82) is 0 Å². The molecule has 0 radical (unpaired) electrons. The molecule has 0 aliphatic heterocycles. The molecule has 0 aliphatic rings. The maximum atomic E-state index is 13.4. The van der Waals surface area contributed by atoms with Crippen LogP contribution in [0.1, 0.15) is 15.9 Å². The van der Waals surface area contributed by atoms with E-state index in [4.69, 9.17) is 5.14 Å². The molecule has 0 fully saturated rings. The van der Waals surface area contributed by atoms with Crippen LogP contribution in [0.3, 0.4) is 0 Å². The van der Waals surface area contributed by atoms with Crippen molar-refractivity contribution in [3.8, 4) is 0 Å². The molecule has 0 aliphatic carbocycles. The number of hydrogen-bond acceptors (Lipinski definition) is 4. The fourth-order valence-corrected chi connectivity index (χ4v) is 2.17. The fourth-order valence-electron chi connectivity index (χ4n) is 1.66. The maximum absolute atomic E-state index is 13.4. The second-order valence-electron chi connectivity index (χ2n) is 4.56. The largest absolute Gasteiger partial charge is 0.271 e. The predicted molar refractivity (Wildman–Crippen MR) is 79.2 cm³/mol. The summed E-state index contributed by atoms with van der Waals surface area (Å²) in [5.41, 5.74) is 1.73. The van der Waals surface area contributed by atoms with Crippen molar-refractivity contribution in [2.24, 2.45) is 10.2 Å². The third kappa shape index (κ3) is 4.18. The average Bonchev–Trinajstić information content (AvgIpc) is 2.51. The smallest absolute Gasteiger partial charge is 0.267 e. The molecule has 126 valence electrons. The van der Waals surface area contributed by atoms with Crippen molar-refractivity contribution in [3.05, 3.63) is 65.0 Å². The van der Waals surface area contributed by atoms with Gasteiger partial charge in [-0.1, -0.05) is 0 Å². The van der Waals surface area contributed by atoms with Crippen molar-refractivity contribution in [2.75, 3.05) is 0 Å². The molecular formula is C14H10F3N3O3S. The van der Waals surface area contributed by atoms with Crippen LogP contribution in [0.2, 0.25) is 0 Å². The van der Waals surface area contributed by atoms with E-state index in [2.05, 4.69) is 5.10 Å². The average molecular weight is 357 g/mol. The Kier molecular flexibility index (Phi) is 5.00. The van der Waals surface area contributed by atoms with Gasteiger partial charge in [-0.25, -0.2) is 32.2 Å². The quantitative estimate of drug-likeness (QED) is 0.493. The van der Waals surface area contributed by atoms with E-state index in [9.17, 15) is 26.4 Å².